The van der Waals surface area contributed by atoms with Crippen LogP contribution in [-0.2, 0) is 10.5 Å². The molecule has 134 valence electrons. The minimum atomic E-state index is -0.178. The summed E-state index contributed by atoms with van der Waals surface area (Å²) in [4.78, 5) is 24.1. The number of rotatable bonds is 5. The number of anilines is 2. The van der Waals surface area contributed by atoms with Crippen molar-refractivity contribution in [1.82, 2.24) is 15.0 Å². The minimum Gasteiger partial charge on any atom is -0.382 e. The van der Waals surface area contributed by atoms with Crippen molar-refractivity contribution in [2.24, 2.45) is 0 Å². The number of aromatic nitrogens is 3. The van der Waals surface area contributed by atoms with E-state index < -0.39 is 0 Å². The molecule has 0 aliphatic carbocycles. The van der Waals surface area contributed by atoms with Gasteiger partial charge in [0.2, 0.25) is 5.91 Å². The molecule has 1 aromatic carbocycles. The van der Waals surface area contributed by atoms with E-state index >= 15 is 0 Å². The topological polar surface area (TPSA) is 118 Å². The van der Waals surface area contributed by atoms with E-state index in [-0.39, 0.29) is 17.3 Å². The van der Waals surface area contributed by atoms with Crippen molar-refractivity contribution >= 4 is 29.2 Å². The zero-order chi connectivity index (χ0) is 19.2. The zero-order valence-electron chi connectivity index (χ0n) is 14.5. The number of amides is 1. The molecule has 0 aliphatic heterocycles. The molecule has 3 N–H and O–H groups in total. The third-order valence-corrected chi connectivity index (χ3v) is 4.49. The van der Waals surface area contributed by atoms with E-state index in [9.17, 15) is 10.1 Å². The van der Waals surface area contributed by atoms with Gasteiger partial charge in [-0.2, -0.15) is 5.26 Å². The molecule has 0 bridgehead atoms. The van der Waals surface area contributed by atoms with Crippen LogP contribution >= 0.6 is 11.8 Å². The lowest BCUT2D eigenvalue weighted by atomic mass is 10.1. The SMILES string of the molecule is CC(=O)Nc1cccc(-c2nc(SCc3cccnc3)nc(N)c2C#N)c1. The normalized spacial score (nSPS) is 10.2. The molecule has 0 fully saturated rings. The smallest absolute Gasteiger partial charge is 0.221 e. The van der Waals surface area contributed by atoms with Crippen LogP contribution in [0.25, 0.3) is 11.3 Å². The summed E-state index contributed by atoms with van der Waals surface area (Å²) in [5, 5.41) is 12.7. The van der Waals surface area contributed by atoms with Gasteiger partial charge >= 0.3 is 0 Å². The van der Waals surface area contributed by atoms with Crippen LogP contribution in [0, 0.1) is 11.3 Å². The van der Waals surface area contributed by atoms with Crippen LogP contribution in [0.1, 0.15) is 18.1 Å². The van der Waals surface area contributed by atoms with Gasteiger partial charge in [0.25, 0.3) is 0 Å². The number of nitrogens with two attached hydrogens (primary N) is 1. The fourth-order valence-corrected chi connectivity index (χ4v) is 3.20. The van der Waals surface area contributed by atoms with Crippen molar-refractivity contribution in [3.63, 3.8) is 0 Å². The molecule has 0 radical (unpaired) electrons. The van der Waals surface area contributed by atoms with E-state index in [2.05, 4.69) is 26.3 Å². The third-order valence-electron chi connectivity index (χ3n) is 3.58. The largest absolute Gasteiger partial charge is 0.382 e. The number of thioether (sulfide) groups is 1. The van der Waals surface area contributed by atoms with Crippen molar-refractivity contribution in [2.45, 2.75) is 17.8 Å². The second kappa shape index (κ2) is 8.29. The molecule has 0 unspecified atom stereocenters. The van der Waals surface area contributed by atoms with Gasteiger partial charge in [0.05, 0.1) is 5.69 Å². The summed E-state index contributed by atoms with van der Waals surface area (Å²) in [5.41, 5.74) is 8.96. The number of nitrogens with zero attached hydrogens (tertiary/aromatic N) is 4. The van der Waals surface area contributed by atoms with E-state index in [0.29, 0.717) is 27.9 Å². The van der Waals surface area contributed by atoms with Crippen molar-refractivity contribution < 1.29 is 4.79 Å². The fraction of sp³-hybridized carbons (Fsp3) is 0.105. The number of hydrogen-bond donors (Lipinski definition) is 2. The first kappa shape index (κ1) is 18.4. The van der Waals surface area contributed by atoms with Gasteiger partial charge in [-0.3, -0.25) is 9.78 Å². The third kappa shape index (κ3) is 4.59. The van der Waals surface area contributed by atoms with Crippen molar-refractivity contribution in [1.29, 1.82) is 5.26 Å². The molecule has 3 aromatic rings. The van der Waals surface area contributed by atoms with E-state index in [0.717, 1.165) is 5.56 Å². The molecule has 2 aromatic heterocycles. The Balaban J connectivity index is 1.95. The second-order valence-electron chi connectivity index (χ2n) is 5.64. The first-order valence-corrected chi connectivity index (χ1v) is 9.02. The van der Waals surface area contributed by atoms with Crippen LogP contribution in [0.2, 0.25) is 0 Å². The summed E-state index contributed by atoms with van der Waals surface area (Å²) in [7, 11) is 0. The number of carbonyl (C=O) groups excluding carboxylic acids is 1. The Morgan fingerprint density at radius 2 is 2.15 bits per heavy atom. The maximum Gasteiger partial charge on any atom is 0.221 e. The number of carbonyl (C=O) groups is 1. The molecule has 7 nitrogen and oxygen atoms in total. The second-order valence-corrected chi connectivity index (χ2v) is 6.58. The zero-order valence-corrected chi connectivity index (χ0v) is 15.3. The molecule has 0 spiro atoms. The summed E-state index contributed by atoms with van der Waals surface area (Å²) in [6, 6.07) is 13.0. The Kier molecular flexibility index (Phi) is 5.64. The molecule has 0 saturated heterocycles. The molecule has 0 aliphatic rings. The summed E-state index contributed by atoms with van der Waals surface area (Å²) >= 11 is 1.41. The van der Waals surface area contributed by atoms with Crippen LogP contribution in [-0.4, -0.2) is 20.9 Å². The average Bonchev–Trinajstić information content (AvgIpc) is 2.66. The van der Waals surface area contributed by atoms with Gasteiger partial charge in [0.15, 0.2) is 5.16 Å². The summed E-state index contributed by atoms with van der Waals surface area (Å²) in [6.45, 7) is 1.43. The predicted molar refractivity (Wildman–Crippen MR) is 105 cm³/mol. The van der Waals surface area contributed by atoms with Crippen LogP contribution in [0.3, 0.4) is 0 Å². The average molecular weight is 376 g/mol. The Bertz CT molecular complexity index is 1020. The summed E-state index contributed by atoms with van der Waals surface area (Å²) in [6.07, 6.45) is 3.49. The van der Waals surface area contributed by atoms with Crippen LogP contribution in [0.15, 0.2) is 53.9 Å². The molecule has 27 heavy (non-hydrogen) atoms. The monoisotopic (exact) mass is 376 g/mol. The van der Waals surface area contributed by atoms with E-state index in [1.807, 2.05) is 18.2 Å². The maximum atomic E-state index is 11.3. The highest BCUT2D eigenvalue weighted by Gasteiger charge is 2.15. The Labute approximate surface area is 160 Å². The number of benzene rings is 1. The fourth-order valence-electron chi connectivity index (χ4n) is 2.42. The van der Waals surface area contributed by atoms with Gasteiger partial charge in [0, 0.05) is 36.3 Å². The lowest BCUT2D eigenvalue weighted by molar-refractivity contribution is -0.114. The molecule has 1 amide bonds. The Morgan fingerprint density at radius 1 is 1.30 bits per heavy atom. The van der Waals surface area contributed by atoms with Crippen LogP contribution in [0.4, 0.5) is 11.5 Å². The van der Waals surface area contributed by atoms with E-state index in [1.165, 1.54) is 18.7 Å². The summed E-state index contributed by atoms with van der Waals surface area (Å²) in [5.74, 6) is 0.577. The van der Waals surface area contributed by atoms with Crippen LogP contribution < -0.4 is 11.1 Å². The van der Waals surface area contributed by atoms with Gasteiger partial charge in [-0.05, 0) is 23.8 Å². The molecule has 0 atom stereocenters. The molecule has 0 saturated carbocycles. The predicted octanol–water partition coefficient (Wildman–Crippen LogP) is 3.24. The Morgan fingerprint density at radius 3 is 2.85 bits per heavy atom. The van der Waals surface area contributed by atoms with Crippen LogP contribution in [0.5, 0.6) is 0 Å². The van der Waals surface area contributed by atoms with Gasteiger partial charge in [-0.15, -0.1) is 0 Å². The van der Waals surface area contributed by atoms with Gasteiger partial charge in [-0.1, -0.05) is 30.0 Å². The number of nitrogen functional groups attached to an aromatic ring is 1. The molecular formula is C19H16N6OS. The van der Waals surface area contributed by atoms with Gasteiger partial charge < -0.3 is 11.1 Å². The molecule has 2 heterocycles. The van der Waals surface area contributed by atoms with Crippen molar-refractivity contribution in [3.8, 4) is 17.3 Å². The quantitative estimate of drug-likeness (QED) is 0.518. The number of hydrogen-bond acceptors (Lipinski definition) is 7. The minimum absolute atomic E-state index is 0.126. The molecule has 8 heteroatoms. The lowest BCUT2D eigenvalue weighted by Gasteiger charge is -2.10. The number of pyridine rings is 1. The molecule has 3 rings (SSSR count). The summed E-state index contributed by atoms with van der Waals surface area (Å²) < 4.78 is 0. The van der Waals surface area contributed by atoms with Gasteiger partial charge in [-0.25, -0.2) is 9.97 Å². The van der Waals surface area contributed by atoms with E-state index in [1.54, 1.807) is 30.6 Å². The lowest BCUT2D eigenvalue weighted by Crippen LogP contribution is -2.06. The number of nitrogens with one attached hydrogen (secondary N) is 1. The van der Waals surface area contributed by atoms with Crippen molar-refractivity contribution in [2.75, 3.05) is 11.1 Å². The van der Waals surface area contributed by atoms with Gasteiger partial charge in [0.1, 0.15) is 17.5 Å². The number of nitriles is 1. The highest BCUT2D eigenvalue weighted by atomic mass is 32.2. The first-order chi connectivity index (χ1) is 13.1. The highest BCUT2D eigenvalue weighted by molar-refractivity contribution is 7.98. The standard InChI is InChI=1S/C19H16N6OS/c1-12(26)23-15-6-2-5-14(8-15)17-16(9-20)18(21)25-19(24-17)27-11-13-4-3-7-22-10-13/h2-8,10H,11H2,1H3,(H,23,26)(H2,21,24,25). The maximum absolute atomic E-state index is 11.3. The van der Waals surface area contributed by atoms with E-state index in [4.69, 9.17) is 5.73 Å². The highest BCUT2D eigenvalue weighted by Crippen LogP contribution is 2.30. The Hall–Kier alpha value is -3.44. The molecular weight excluding hydrogens is 360 g/mol. The van der Waals surface area contributed by atoms with Crippen molar-refractivity contribution in [3.05, 3.63) is 59.9 Å². The first-order valence-electron chi connectivity index (χ1n) is 8.04.